The Morgan fingerprint density at radius 1 is 1.71 bits per heavy atom. The van der Waals surface area contributed by atoms with Crippen molar-refractivity contribution in [2.75, 3.05) is 0 Å². The van der Waals surface area contributed by atoms with Gasteiger partial charge >= 0.3 is 5.97 Å². The molecule has 0 heterocycles. The summed E-state index contributed by atoms with van der Waals surface area (Å²) in [5.41, 5.74) is 0. The van der Waals surface area contributed by atoms with E-state index in [-0.39, 0.29) is 41.5 Å². The van der Waals surface area contributed by atoms with Crippen LogP contribution in [-0.4, -0.2) is 46.1 Å². The molecule has 0 amide bonds. The number of hydrogen-bond donors (Lipinski definition) is 1. The third kappa shape index (κ3) is 21.4. The molecule has 0 aliphatic rings. The van der Waals surface area contributed by atoms with E-state index in [1.54, 1.807) is 6.92 Å². The third-order valence-electron chi connectivity index (χ3n) is 0.302. The van der Waals surface area contributed by atoms with Crippen LogP contribution in [0.15, 0.2) is 0 Å². The van der Waals surface area contributed by atoms with E-state index in [1.165, 1.54) is 0 Å². The van der Waals surface area contributed by atoms with Crippen LogP contribution >= 0.6 is 0 Å². The van der Waals surface area contributed by atoms with Gasteiger partial charge in [-0.3, -0.25) is 4.79 Å². The summed E-state index contributed by atoms with van der Waals surface area (Å²) in [7, 11) is 0. The van der Waals surface area contributed by atoms with E-state index < -0.39 is 5.97 Å². The van der Waals surface area contributed by atoms with Crippen LogP contribution in [0.4, 0.5) is 0 Å². The van der Waals surface area contributed by atoms with Gasteiger partial charge in [0.15, 0.2) is 0 Å². The molecule has 0 aliphatic carbocycles. The topological polar surface area (TPSA) is 68.8 Å². The molecule has 0 spiro atoms. The van der Waals surface area contributed by atoms with Gasteiger partial charge < -0.3 is 10.6 Å². The van der Waals surface area contributed by atoms with Gasteiger partial charge in [0.05, 0.1) is 0 Å². The van der Waals surface area contributed by atoms with E-state index in [1.807, 2.05) is 0 Å². The first kappa shape index (κ1) is 15.7. The van der Waals surface area contributed by atoms with Gasteiger partial charge in [0.2, 0.25) is 0 Å². The van der Waals surface area contributed by atoms with Crippen LogP contribution in [0, 0.1) is 0 Å². The van der Waals surface area contributed by atoms with E-state index in [9.17, 15) is 4.79 Å². The molecule has 0 aliphatic heterocycles. The molecule has 0 saturated heterocycles. The summed E-state index contributed by atoms with van der Waals surface area (Å²) in [6.07, 6.45) is 0.222. The Morgan fingerprint density at radius 2 is 1.86 bits per heavy atom. The van der Waals surface area contributed by atoms with Crippen molar-refractivity contribution in [1.82, 2.24) is 0 Å². The molecule has 0 aromatic carbocycles. The maximum absolute atomic E-state index is 9.37. The van der Waals surface area contributed by atoms with Crippen molar-refractivity contribution in [2.24, 2.45) is 0 Å². The third-order valence-corrected chi connectivity index (χ3v) is 0.302. The summed E-state index contributed by atoms with van der Waals surface area (Å²) in [5, 5.41) is 7.72. The molecule has 0 unspecified atom stereocenters. The first-order valence-electron chi connectivity index (χ1n) is 1.49. The molecule has 0 aromatic heterocycles. The van der Waals surface area contributed by atoms with Gasteiger partial charge in [-0.25, -0.2) is 0 Å². The molecule has 3 nitrogen and oxygen atoms in total. The average Bonchev–Trinajstić information content (AvgIpc) is 1.38. The molecular formula is C3H8NaO3. The monoisotopic (exact) mass is 115 g/mol. The Bertz CT molecular complexity index is 45.4. The molecule has 0 saturated carbocycles. The molecule has 0 bridgehead atoms. The van der Waals surface area contributed by atoms with Crippen LogP contribution in [0.3, 0.4) is 0 Å². The van der Waals surface area contributed by atoms with Gasteiger partial charge in [0.25, 0.3) is 0 Å². The van der Waals surface area contributed by atoms with Crippen molar-refractivity contribution < 1.29 is 15.4 Å². The van der Waals surface area contributed by atoms with Gasteiger partial charge in [-0.1, -0.05) is 6.92 Å². The number of hydrogen-bond acceptors (Lipinski definition) is 1. The maximum Gasteiger partial charge on any atom is 0.303 e. The molecule has 0 atom stereocenters. The number of carboxylic acid groups (broad SMARTS) is 1. The minimum absolute atomic E-state index is 0. The first-order chi connectivity index (χ1) is 2.27. The fraction of sp³-hybridized carbons (Fsp3) is 0.667. The molecule has 0 rings (SSSR count). The van der Waals surface area contributed by atoms with Gasteiger partial charge in [0.1, 0.15) is 0 Å². The molecule has 3 N–H and O–H groups in total. The molecular weight excluding hydrogens is 107 g/mol. The standard InChI is InChI=1S/C3H6O2.Na.H2O/c1-2-3(4)5;;/h2H2,1H3,(H,4,5);;1H2. The van der Waals surface area contributed by atoms with E-state index in [0.717, 1.165) is 0 Å². The zero-order chi connectivity index (χ0) is 4.28. The number of rotatable bonds is 1. The maximum atomic E-state index is 9.37. The van der Waals surface area contributed by atoms with Gasteiger partial charge in [0, 0.05) is 36.0 Å². The Morgan fingerprint density at radius 3 is 1.86 bits per heavy atom. The van der Waals surface area contributed by atoms with Crippen molar-refractivity contribution in [3.8, 4) is 0 Å². The zero-order valence-electron chi connectivity index (χ0n) is 4.56. The Hall–Kier alpha value is 0.430. The second kappa shape index (κ2) is 9.66. The second-order valence-electron chi connectivity index (χ2n) is 0.747. The quantitative estimate of drug-likeness (QED) is 0.458. The molecule has 39 valence electrons. The summed E-state index contributed by atoms with van der Waals surface area (Å²) in [5.74, 6) is -0.745. The summed E-state index contributed by atoms with van der Waals surface area (Å²) in [6, 6.07) is 0. The van der Waals surface area contributed by atoms with E-state index in [0.29, 0.717) is 0 Å². The largest absolute Gasteiger partial charge is 0.481 e. The second-order valence-corrected chi connectivity index (χ2v) is 0.747. The fourth-order valence-corrected chi connectivity index (χ4v) is 0. The van der Waals surface area contributed by atoms with Crippen LogP contribution in [0.5, 0.6) is 0 Å². The zero-order valence-corrected chi connectivity index (χ0v) is 6.56. The first-order valence-corrected chi connectivity index (χ1v) is 1.49. The van der Waals surface area contributed by atoms with Crippen molar-refractivity contribution in [1.29, 1.82) is 0 Å². The summed E-state index contributed by atoms with van der Waals surface area (Å²) in [6.45, 7) is 1.60. The van der Waals surface area contributed by atoms with Crippen molar-refractivity contribution in [3.05, 3.63) is 0 Å². The Kier molecular flexibility index (Phi) is 21.6. The van der Waals surface area contributed by atoms with E-state index in [2.05, 4.69) is 0 Å². The van der Waals surface area contributed by atoms with Crippen LogP contribution in [-0.2, 0) is 4.79 Å². The molecule has 0 aromatic rings. The average molecular weight is 115 g/mol. The summed E-state index contributed by atoms with van der Waals surface area (Å²) < 4.78 is 0. The minimum Gasteiger partial charge on any atom is -0.481 e. The SMILES string of the molecule is CCC(=O)O.O.[Na]. The van der Waals surface area contributed by atoms with Gasteiger partial charge in [-0.15, -0.1) is 0 Å². The van der Waals surface area contributed by atoms with Crippen LogP contribution < -0.4 is 0 Å². The van der Waals surface area contributed by atoms with Crippen LogP contribution in [0.1, 0.15) is 13.3 Å². The molecule has 0 fully saturated rings. The number of carbonyl (C=O) groups is 1. The van der Waals surface area contributed by atoms with Gasteiger partial charge in [-0.05, 0) is 0 Å². The normalized spacial score (nSPS) is 5.29. The van der Waals surface area contributed by atoms with Crippen molar-refractivity contribution in [2.45, 2.75) is 13.3 Å². The summed E-state index contributed by atoms with van der Waals surface area (Å²) in [4.78, 5) is 9.37. The summed E-state index contributed by atoms with van der Waals surface area (Å²) >= 11 is 0. The van der Waals surface area contributed by atoms with Crippen LogP contribution in [0.2, 0.25) is 0 Å². The molecule has 1 radical (unpaired) electrons. The van der Waals surface area contributed by atoms with E-state index in [4.69, 9.17) is 5.11 Å². The van der Waals surface area contributed by atoms with Crippen molar-refractivity contribution >= 4 is 35.5 Å². The number of aliphatic carboxylic acids is 1. The Labute approximate surface area is 64.3 Å². The predicted molar refractivity (Wildman–Crippen MR) is 27.3 cm³/mol. The number of carboxylic acids is 1. The van der Waals surface area contributed by atoms with Crippen LogP contribution in [0.25, 0.3) is 0 Å². The smallest absolute Gasteiger partial charge is 0.303 e. The van der Waals surface area contributed by atoms with Gasteiger partial charge in [-0.2, -0.15) is 0 Å². The van der Waals surface area contributed by atoms with E-state index >= 15 is 0 Å². The van der Waals surface area contributed by atoms with Crippen molar-refractivity contribution in [3.63, 3.8) is 0 Å². The minimum atomic E-state index is -0.745. The Balaban J connectivity index is -0.0000000800. The predicted octanol–water partition coefficient (Wildman–Crippen LogP) is -0.725. The fourth-order valence-electron chi connectivity index (χ4n) is 0. The molecule has 4 heteroatoms. The molecule has 7 heavy (non-hydrogen) atoms.